The molecule has 0 fully saturated rings. The number of thioether (sulfide) groups is 1. The van der Waals surface area contributed by atoms with Gasteiger partial charge in [0.25, 0.3) is 0 Å². The first-order chi connectivity index (χ1) is 9.38. The first-order valence-corrected chi connectivity index (χ1v) is 8.83. The molecule has 0 aliphatic rings. The first kappa shape index (κ1) is 17.3. The lowest BCUT2D eigenvalue weighted by atomic mass is 10.3. The standard InChI is InChI=1S/C14H25N3OS2/c1-9(2)17(4)8-6-7-16-14-13(19-5)11(15)12(20-14)10(3)18/h9,16H,6-8,15H2,1-5H3. The number of ketones is 1. The van der Waals surface area contributed by atoms with E-state index in [9.17, 15) is 4.79 Å². The van der Waals surface area contributed by atoms with Gasteiger partial charge in [0.15, 0.2) is 5.78 Å². The van der Waals surface area contributed by atoms with Crippen molar-refractivity contribution in [1.82, 2.24) is 4.90 Å². The van der Waals surface area contributed by atoms with Gasteiger partial charge in [0.2, 0.25) is 0 Å². The van der Waals surface area contributed by atoms with Crippen LogP contribution in [-0.2, 0) is 0 Å². The molecule has 1 aromatic heterocycles. The van der Waals surface area contributed by atoms with E-state index in [1.54, 1.807) is 18.7 Å². The van der Waals surface area contributed by atoms with E-state index in [0.717, 1.165) is 29.4 Å². The van der Waals surface area contributed by atoms with E-state index in [2.05, 4.69) is 31.1 Å². The van der Waals surface area contributed by atoms with Crippen molar-refractivity contribution in [3.8, 4) is 0 Å². The largest absolute Gasteiger partial charge is 0.396 e. The van der Waals surface area contributed by atoms with E-state index in [-0.39, 0.29) is 5.78 Å². The summed E-state index contributed by atoms with van der Waals surface area (Å²) in [5, 5.41) is 4.43. The predicted octanol–water partition coefficient (Wildman–Crippen LogP) is 3.40. The number of Topliss-reactive ketones (excluding diaryl/α,β-unsaturated/α-hetero) is 1. The van der Waals surface area contributed by atoms with E-state index >= 15 is 0 Å². The van der Waals surface area contributed by atoms with Crippen LogP contribution in [0.1, 0.15) is 36.9 Å². The van der Waals surface area contributed by atoms with Gasteiger partial charge in [-0.2, -0.15) is 0 Å². The highest BCUT2D eigenvalue weighted by Crippen LogP contribution is 2.41. The molecule has 4 nitrogen and oxygen atoms in total. The Morgan fingerprint density at radius 1 is 1.50 bits per heavy atom. The Labute approximate surface area is 130 Å². The van der Waals surface area contributed by atoms with Crippen LogP contribution in [0.25, 0.3) is 0 Å². The Hall–Kier alpha value is -0.720. The Balaban J connectivity index is 2.60. The third-order valence-electron chi connectivity index (χ3n) is 3.28. The van der Waals surface area contributed by atoms with Crippen LogP contribution in [0.15, 0.2) is 4.90 Å². The lowest BCUT2D eigenvalue weighted by Gasteiger charge is -2.20. The Bertz CT molecular complexity index is 458. The summed E-state index contributed by atoms with van der Waals surface area (Å²) in [5.41, 5.74) is 6.65. The second kappa shape index (κ2) is 7.90. The van der Waals surface area contributed by atoms with Gasteiger partial charge in [-0.05, 0) is 40.1 Å². The fourth-order valence-electron chi connectivity index (χ4n) is 1.80. The van der Waals surface area contributed by atoms with Gasteiger partial charge in [0, 0.05) is 19.5 Å². The zero-order valence-corrected chi connectivity index (χ0v) is 14.6. The first-order valence-electron chi connectivity index (χ1n) is 6.79. The molecular weight excluding hydrogens is 290 g/mol. The summed E-state index contributed by atoms with van der Waals surface area (Å²) in [7, 11) is 2.13. The van der Waals surface area contributed by atoms with Crippen LogP contribution >= 0.6 is 23.1 Å². The summed E-state index contributed by atoms with van der Waals surface area (Å²) < 4.78 is 0. The number of nitrogens with zero attached hydrogens (tertiary/aromatic N) is 1. The van der Waals surface area contributed by atoms with E-state index in [4.69, 9.17) is 5.73 Å². The molecule has 3 N–H and O–H groups in total. The molecule has 0 unspecified atom stereocenters. The maximum absolute atomic E-state index is 11.5. The monoisotopic (exact) mass is 315 g/mol. The van der Waals surface area contributed by atoms with Crippen LogP contribution in [-0.4, -0.2) is 43.1 Å². The SMILES string of the molecule is CSc1c(NCCCN(C)C(C)C)sc(C(C)=O)c1N. The van der Waals surface area contributed by atoms with Crippen LogP contribution in [0.5, 0.6) is 0 Å². The molecule has 0 saturated heterocycles. The van der Waals surface area contributed by atoms with Gasteiger partial charge in [-0.15, -0.1) is 23.1 Å². The molecule has 0 spiro atoms. The number of nitrogen functional groups attached to an aromatic ring is 1. The molecule has 114 valence electrons. The zero-order chi connectivity index (χ0) is 15.3. The number of nitrogens with one attached hydrogen (secondary N) is 1. The van der Waals surface area contributed by atoms with Crippen LogP contribution in [0.2, 0.25) is 0 Å². The molecule has 0 aliphatic heterocycles. The van der Waals surface area contributed by atoms with Crippen LogP contribution in [0.4, 0.5) is 10.7 Å². The smallest absolute Gasteiger partial charge is 0.171 e. The number of anilines is 2. The topological polar surface area (TPSA) is 58.4 Å². The highest BCUT2D eigenvalue weighted by Gasteiger charge is 2.17. The zero-order valence-electron chi connectivity index (χ0n) is 12.9. The summed E-state index contributed by atoms with van der Waals surface area (Å²) in [5.74, 6) is 0.0374. The van der Waals surface area contributed by atoms with Gasteiger partial charge in [-0.1, -0.05) is 0 Å². The van der Waals surface area contributed by atoms with Crippen molar-refractivity contribution in [3.63, 3.8) is 0 Å². The molecule has 0 aliphatic carbocycles. The summed E-state index contributed by atoms with van der Waals surface area (Å²) in [6.07, 6.45) is 3.05. The minimum Gasteiger partial charge on any atom is -0.396 e. The van der Waals surface area contributed by atoms with Crippen molar-refractivity contribution in [2.24, 2.45) is 0 Å². The predicted molar refractivity (Wildman–Crippen MR) is 91.4 cm³/mol. The maximum Gasteiger partial charge on any atom is 0.171 e. The van der Waals surface area contributed by atoms with Crippen molar-refractivity contribution >= 4 is 39.6 Å². The Morgan fingerprint density at radius 3 is 2.65 bits per heavy atom. The average Bonchev–Trinajstić information content (AvgIpc) is 2.70. The molecule has 0 atom stereocenters. The molecule has 0 radical (unpaired) electrons. The second-order valence-electron chi connectivity index (χ2n) is 5.12. The highest BCUT2D eigenvalue weighted by molar-refractivity contribution is 7.99. The number of carbonyl (C=O) groups excluding carboxylic acids is 1. The van der Waals surface area contributed by atoms with Gasteiger partial charge in [0.05, 0.1) is 15.5 Å². The molecule has 1 heterocycles. The van der Waals surface area contributed by atoms with Gasteiger partial charge in [-0.25, -0.2) is 0 Å². The van der Waals surface area contributed by atoms with Gasteiger partial charge < -0.3 is 16.0 Å². The third kappa shape index (κ3) is 4.40. The van der Waals surface area contributed by atoms with Crippen LogP contribution in [0.3, 0.4) is 0 Å². The van der Waals surface area contributed by atoms with Crippen molar-refractivity contribution in [3.05, 3.63) is 4.88 Å². The maximum atomic E-state index is 11.5. The van der Waals surface area contributed by atoms with E-state index in [1.165, 1.54) is 11.3 Å². The number of thiophene rings is 1. The molecule has 6 heteroatoms. The second-order valence-corrected chi connectivity index (χ2v) is 6.96. The van der Waals surface area contributed by atoms with Crippen molar-refractivity contribution in [2.45, 2.75) is 38.1 Å². The van der Waals surface area contributed by atoms with Crippen LogP contribution < -0.4 is 11.1 Å². The van der Waals surface area contributed by atoms with Crippen molar-refractivity contribution < 1.29 is 4.79 Å². The molecular formula is C14H25N3OS2. The van der Waals surface area contributed by atoms with Gasteiger partial charge >= 0.3 is 0 Å². The molecule has 0 aromatic carbocycles. The number of hydrogen-bond acceptors (Lipinski definition) is 6. The fourth-order valence-corrected chi connectivity index (χ4v) is 3.75. The van der Waals surface area contributed by atoms with E-state index < -0.39 is 0 Å². The molecule has 0 amide bonds. The van der Waals surface area contributed by atoms with Crippen LogP contribution in [0, 0.1) is 0 Å². The molecule has 1 aromatic rings. The molecule has 20 heavy (non-hydrogen) atoms. The normalized spacial score (nSPS) is 11.3. The van der Waals surface area contributed by atoms with E-state index in [0.29, 0.717) is 16.6 Å². The molecule has 1 rings (SSSR count). The lowest BCUT2D eigenvalue weighted by Crippen LogP contribution is -2.28. The third-order valence-corrected chi connectivity index (χ3v) is 5.50. The minimum atomic E-state index is 0.0374. The Kier molecular flexibility index (Phi) is 6.85. The minimum absolute atomic E-state index is 0.0374. The number of carbonyl (C=O) groups is 1. The lowest BCUT2D eigenvalue weighted by molar-refractivity contribution is 0.102. The van der Waals surface area contributed by atoms with Gasteiger partial charge in [-0.3, -0.25) is 4.79 Å². The summed E-state index contributed by atoms with van der Waals surface area (Å²) >= 11 is 3.05. The quantitative estimate of drug-likeness (QED) is 0.437. The fraction of sp³-hybridized carbons (Fsp3) is 0.643. The number of rotatable bonds is 8. The number of hydrogen-bond donors (Lipinski definition) is 2. The average molecular weight is 316 g/mol. The van der Waals surface area contributed by atoms with Gasteiger partial charge in [0.1, 0.15) is 5.00 Å². The Morgan fingerprint density at radius 2 is 2.15 bits per heavy atom. The van der Waals surface area contributed by atoms with Crippen molar-refractivity contribution in [2.75, 3.05) is 37.4 Å². The molecule has 0 bridgehead atoms. The van der Waals surface area contributed by atoms with Crippen molar-refractivity contribution in [1.29, 1.82) is 0 Å². The number of nitrogens with two attached hydrogens (primary N) is 1. The summed E-state index contributed by atoms with van der Waals surface area (Å²) in [4.78, 5) is 15.5. The summed E-state index contributed by atoms with van der Waals surface area (Å²) in [6.45, 7) is 7.89. The molecule has 0 saturated carbocycles. The van der Waals surface area contributed by atoms with E-state index in [1.807, 2.05) is 6.26 Å². The summed E-state index contributed by atoms with van der Waals surface area (Å²) in [6, 6.07) is 0.568. The highest BCUT2D eigenvalue weighted by atomic mass is 32.2.